The summed E-state index contributed by atoms with van der Waals surface area (Å²) >= 11 is 0. The maximum absolute atomic E-state index is 12.1. The number of hydrogen-bond acceptors (Lipinski definition) is 2. The van der Waals surface area contributed by atoms with Gasteiger partial charge in [-0.3, -0.25) is 4.79 Å². The van der Waals surface area contributed by atoms with E-state index in [1.54, 1.807) is 0 Å². The molecule has 1 aromatic carbocycles. The third-order valence-corrected chi connectivity index (χ3v) is 2.90. The zero-order chi connectivity index (χ0) is 13.5. The molecule has 0 spiro atoms. The van der Waals surface area contributed by atoms with Crippen molar-refractivity contribution in [1.82, 2.24) is 10.6 Å². The fourth-order valence-corrected chi connectivity index (χ4v) is 1.66. The fraction of sp³-hybridized carbons (Fsp3) is 0.533. The third-order valence-electron chi connectivity index (χ3n) is 2.90. The standard InChI is InChI=1S/C15H24N2O/c1-11(2)14(10-16-12(3)4)17-15(18)13-8-6-5-7-9-13/h5-9,11-12,14,16H,10H2,1-4H3,(H,17,18). The number of nitrogens with one attached hydrogen (secondary N) is 2. The van der Waals surface area contributed by atoms with Gasteiger partial charge in [-0.1, -0.05) is 45.9 Å². The molecule has 0 aromatic heterocycles. The molecule has 1 unspecified atom stereocenters. The predicted octanol–water partition coefficient (Wildman–Crippen LogP) is 2.44. The minimum Gasteiger partial charge on any atom is -0.348 e. The number of rotatable bonds is 6. The molecule has 18 heavy (non-hydrogen) atoms. The number of benzene rings is 1. The van der Waals surface area contributed by atoms with Crippen LogP contribution in [0.25, 0.3) is 0 Å². The molecule has 0 bridgehead atoms. The van der Waals surface area contributed by atoms with E-state index in [2.05, 4.69) is 38.3 Å². The Kier molecular flexibility index (Phi) is 5.86. The van der Waals surface area contributed by atoms with Crippen LogP contribution in [-0.2, 0) is 0 Å². The van der Waals surface area contributed by atoms with Crippen LogP contribution in [0.15, 0.2) is 30.3 Å². The summed E-state index contributed by atoms with van der Waals surface area (Å²) in [5, 5.41) is 6.46. The quantitative estimate of drug-likeness (QED) is 0.812. The molecule has 0 heterocycles. The van der Waals surface area contributed by atoms with Crippen LogP contribution in [0.1, 0.15) is 38.1 Å². The second kappa shape index (κ2) is 7.17. The summed E-state index contributed by atoms with van der Waals surface area (Å²) in [6, 6.07) is 9.93. The molecule has 1 rings (SSSR count). The average Bonchev–Trinajstić information content (AvgIpc) is 2.34. The Morgan fingerprint density at radius 1 is 1.11 bits per heavy atom. The van der Waals surface area contributed by atoms with E-state index >= 15 is 0 Å². The molecular weight excluding hydrogens is 224 g/mol. The van der Waals surface area contributed by atoms with Gasteiger partial charge in [0.2, 0.25) is 0 Å². The lowest BCUT2D eigenvalue weighted by Crippen LogP contribution is -2.46. The molecule has 2 N–H and O–H groups in total. The van der Waals surface area contributed by atoms with Gasteiger partial charge >= 0.3 is 0 Å². The van der Waals surface area contributed by atoms with Gasteiger partial charge in [-0.25, -0.2) is 0 Å². The molecule has 0 saturated heterocycles. The van der Waals surface area contributed by atoms with Crippen LogP contribution < -0.4 is 10.6 Å². The Labute approximate surface area is 110 Å². The van der Waals surface area contributed by atoms with Gasteiger partial charge in [0.1, 0.15) is 0 Å². The first kappa shape index (κ1) is 14.7. The van der Waals surface area contributed by atoms with Crippen molar-refractivity contribution >= 4 is 5.91 Å². The summed E-state index contributed by atoms with van der Waals surface area (Å²) in [5.41, 5.74) is 0.715. The highest BCUT2D eigenvalue weighted by Crippen LogP contribution is 2.04. The van der Waals surface area contributed by atoms with Gasteiger partial charge in [-0.15, -0.1) is 0 Å². The van der Waals surface area contributed by atoms with Gasteiger partial charge in [0, 0.05) is 24.2 Å². The Hall–Kier alpha value is -1.35. The van der Waals surface area contributed by atoms with Crippen molar-refractivity contribution < 1.29 is 4.79 Å². The van der Waals surface area contributed by atoms with Crippen molar-refractivity contribution in [3.05, 3.63) is 35.9 Å². The largest absolute Gasteiger partial charge is 0.348 e. The van der Waals surface area contributed by atoms with Crippen molar-refractivity contribution in [2.24, 2.45) is 5.92 Å². The summed E-state index contributed by atoms with van der Waals surface area (Å²) < 4.78 is 0. The highest BCUT2D eigenvalue weighted by Gasteiger charge is 2.16. The Balaban J connectivity index is 2.58. The number of amides is 1. The topological polar surface area (TPSA) is 41.1 Å². The average molecular weight is 248 g/mol. The molecule has 0 aliphatic carbocycles. The second-order valence-corrected chi connectivity index (χ2v) is 5.25. The molecule has 1 aromatic rings. The Bertz CT molecular complexity index is 360. The van der Waals surface area contributed by atoms with E-state index in [1.807, 2.05) is 30.3 Å². The lowest BCUT2D eigenvalue weighted by atomic mass is 10.0. The first-order valence-corrected chi connectivity index (χ1v) is 6.60. The summed E-state index contributed by atoms with van der Waals surface area (Å²) in [6.45, 7) is 9.26. The monoisotopic (exact) mass is 248 g/mol. The van der Waals surface area contributed by atoms with Crippen LogP contribution >= 0.6 is 0 Å². The predicted molar refractivity (Wildman–Crippen MR) is 75.7 cm³/mol. The first-order chi connectivity index (χ1) is 8.50. The summed E-state index contributed by atoms with van der Waals surface area (Å²) in [5.74, 6) is 0.406. The lowest BCUT2D eigenvalue weighted by Gasteiger charge is -2.24. The minimum atomic E-state index is -0.000133. The van der Waals surface area contributed by atoms with Gasteiger partial charge in [0.05, 0.1) is 0 Å². The van der Waals surface area contributed by atoms with Crippen LogP contribution in [0, 0.1) is 5.92 Å². The molecule has 3 heteroatoms. The van der Waals surface area contributed by atoms with Crippen molar-refractivity contribution in [2.45, 2.75) is 39.8 Å². The van der Waals surface area contributed by atoms with E-state index in [0.717, 1.165) is 6.54 Å². The number of carbonyl (C=O) groups excluding carboxylic acids is 1. The van der Waals surface area contributed by atoms with Crippen LogP contribution in [-0.4, -0.2) is 24.5 Å². The van der Waals surface area contributed by atoms with Crippen LogP contribution in [0.2, 0.25) is 0 Å². The van der Waals surface area contributed by atoms with Crippen molar-refractivity contribution in [3.63, 3.8) is 0 Å². The van der Waals surface area contributed by atoms with E-state index in [-0.39, 0.29) is 11.9 Å². The number of hydrogen-bond donors (Lipinski definition) is 2. The zero-order valence-corrected chi connectivity index (χ0v) is 11.7. The lowest BCUT2D eigenvalue weighted by molar-refractivity contribution is 0.0924. The van der Waals surface area contributed by atoms with E-state index in [0.29, 0.717) is 17.5 Å². The number of carbonyl (C=O) groups is 1. The molecule has 0 aliphatic heterocycles. The second-order valence-electron chi connectivity index (χ2n) is 5.25. The first-order valence-electron chi connectivity index (χ1n) is 6.60. The normalized spacial score (nSPS) is 12.8. The zero-order valence-electron chi connectivity index (χ0n) is 11.7. The maximum Gasteiger partial charge on any atom is 0.251 e. The summed E-state index contributed by atoms with van der Waals surface area (Å²) in [6.07, 6.45) is 0. The van der Waals surface area contributed by atoms with E-state index in [4.69, 9.17) is 0 Å². The van der Waals surface area contributed by atoms with Gasteiger partial charge in [0.15, 0.2) is 0 Å². The maximum atomic E-state index is 12.1. The molecule has 0 fully saturated rings. The molecule has 100 valence electrons. The van der Waals surface area contributed by atoms with E-state index in [9.17, 15) is 4.79 Å². The molecule has 3 nitrogen and oxygen atoms in total. The summed E-state index contributed by atoms with van der Waals surface area (Å²) in [7, 11) is 0. The van der Waals surface area contributed by atoms with Crippen molar-refractivity contribution in [2.75, 3.05) is 6.54 Å². The molecule has 1 amide bonds. The molecular formula is C15H24N2O. The third kappa shape index (κ3) is 4.88. The highest BCUT2D eigenvalue weighted by molar-refractivity contribution is 5.94. The van der Waals surface area contributed by atoms with E-state index < -0.39 is 0 Å². The Morgan fingerprint density at radius 2 is 1.72 bits per heavy atom. The van der Waals surface area contributed by atoms with Gasteiger partial charge < -0.3 is 10.6 Å². The van der Waals surface area contributed by atoms with Crippen LogP contribution in [0.5, 0.6) is 0 Å². The molecule has 0 saturated carbocycles. The van der Waals surface area contributed by atoms with Crippen LogP contribution in [0.3, 0.4) is 0 Å². The molecule has 0 aliphatic rings. The van der Waals surface area contributed by atoms with Crippen molar-refractivity contribution in [3.8, 4) is 0 Å². The van der Waals surface area contributed by atoms with Crippen LogP contribution in [0.4, 0.5) is 0 Å². The SMILES string of the molecule is CC(C)NCC(NC(=O)c1ccccc1)C(C)C. The molecule has 1 atom stereocenters. The smallest absolute Gasteiger partial charge is 0.251 e. The van der Waals surface area contributed by atoms with Gasteiger partial charge in [0.25, 0.3) is 5.91 Å². The molecule has 0 radical (unpaired) electrons. The van der Waals surface area contributed by atoms with Gasteiger partial charge in [-0.05, 0) is 18.1 Å². The van der Waals surface area contributed by atoms with Crippen molar-refractivity contribution in [1.29, 1.82) is 0 Å². The van der Waals surface area contributed by atoms with E-state index in [1.165, 1.54) is 0 Å². The Morgan fingerprint density at radius 3 is 2.22 bits per heavy atom. The summed E-state index contributed by atoms with van der Waals surface area (Å²) in [4.78, 5) is 12.1. The highest BCUT2D eigenvalue weighted by atomic mass is 16.1. The fourth-order valence-electron chi connectivity index (χ4n) is 1.66. The minimum absolute atomic E-state index is 0.000133. The van der Waals surface area contributed by atoms with Gasteiger partial charge in [-0.2, -0.15) is 0 Å².